The van der Waals surface area contributed by atoms with Crippen LogP contribution in [0, 0.1) is 19.7 Å². The van der Waals surface area contributed by atoms with Gasteiger partial charge in [-0.25, -0.2) is 14.1 Å². The summed E-state index contributed by atoms with van der Waals surface area (Å²) in [5.41, 5.74) is 4.43. The van der Waals surface area contributed by atoms with Crippen LogP contribution in [0.15, 0.2) is 83.8 Å². The van der Waals surface area contributed by atoms with Crippen molar-refractivity contribution in [1.82, 2.24) is 19.2 Å². The van der Waals surface area contributed by atoms with E-state index in [1.165, 1.54) is 16.5 Å². The van der Waals surface area contributed by atoms with Crippen LogP contribution in [0.2, 0.25) is 0 Å². The molecule has 0 saturated carbocycles. The number of hydrogen-bond acceptors (Lipinski definition) is 4. The number of ether oxygens (including phenoxy) is 1. The highest BCUT2D eigenvalue weighted by molar-refractivity contribution is 5.65. The molecule has 3 heterocycles. The molecule has 5 aromatic rings. The molecule has 6 nitrogen and oxygen atoms in total. The summed E-state index contributed by atoms with van der Waals surface area (Å²) in [4.78, 5) is 18.1. The van der Waals surface area contributed by atoms with Crippen LogP contribution in [-0.4, -0.2) is 19.2 Å². The van der Waals surface area contributed by atoms with Crippen molar-refractivity contribution in [2.75, 3.05) is 0 Å². The van der Waals surface area contributed by atoms with Crippen molar-refractivity contribution >= 4 is 5.65 Å². The Morgan fingerprint density at radius 1 is 0.970 bits per heavy atom. The van der Waals surface area contributed by atoms with Crippen molar-refractivity contribution in [3.63, 3.8) is 0 Å². The van der Waals surface area contributed by atoms with Gasteiger partial charge < -0.3 is 4.74 Å². The largest absolute Gasteiger partial charge is 0.485 e. The summed E-state index contributed by atoms with van der Waals surface area (Å²) in [5.74, 6) is 0.171. The van der Waals surface area contributed by atoms with Crippen molar-refractivity contribution in [2.24, 2.45) is 0 Å². The molecule has 0 aliphatic heterocycles. The highest BCUT2D eigenvalue weighted by Crippen LogP contribution is 2.24. The van der Waals surface area contributed by atoms with Gasteiger partial charge in [-0.15, -0.1) is 0 Å². The highest BCUT2D eigenvalue weighted by atomic mass is 19.1. The average molecular weight is 440 g/mol. The van der Waals surface area contributed by atoms with Crippen LogP contribution in [0.1, 0.15) is 17.0 Å². The molecule has 0 fully saturated rings. The predicted octanol–water partition coefficient (Wildman–Crippen LogP) is 4.88. The molecule has 2 aromatic carbocycles. The quantitative estimate of drug-likeness (QED) is 0.391. The molecule has 0 unspecified atom stereocenters. The first kappa shape index (κ1) is 20.6. The van der Waals surface area contributed by atoms with Crippen LogP contribution >= 0.6 is 0 Å². The minimum Gasteiger partial charge on any atom is -0.485 e. The van der Waals surface area contributed by atoms with E-state index >= 15 is 0 Å². The maximum absolute atomic E-state index is 13.4. The summed E-state index contributed by atoms with van der Waals surface area (Å²) in [7, 11) is 0. The minimum absolute atomic E-state index is 0.220. The number of para-hydroxylation sites is 1. The first-order valence-electron chi connectivity index (χ1n) is 10.5. The lowest BCUT2D eigenvalue weighted by Crippen LogP contribution is -2.19. The Morgan fingerprint density at radius 2 is 1.73 bits per heavy atom. The summed E-state index contributed by atoms with van der Waals surface area (Å²) >= 11 is 0. The van der Waals surface area contributed by atoms with Gasteiger partial charge in [0.2, 0.25) is 0 Å². The third kappa shape index (κ3) is 3.89. The SMILES string of the molecule is Cc1nc2c(OCc3ccc(F)cc3)cccn2c(=O)c1-c1cc(C)n(-c2ccccc2)n1. The summed E-state index contributed by atoms with van der Waals surface area (Å²) in [6, 6.07) is 21.3. The molecule has 0 bridgehead atoms. The van der Waals surface area contributed by atoms with Gasteiger partial charge in [0, 0.05) is 11.9 Å². The molecular weight excluding hydrogens is 419 g/mol. The molecule has 164 valence electrons. The molecule has 0 atom stereocenters. The van der Waals surface area contributed by atoms with E-state index in [9.17, 15) is 9.18 Å². The molecule has 0 saturated heterocycles. The van der Waals surface area contributed by atoms with Crippen molar-refractivity contribution in [3.8, 4) is 22.7 Å². The number of benzene rings is 2. The van der Waals surface area contributed by atoms with Gasteiger partial charge in [0.15, 0.2) is 11.4 Å². The Balaban J connectivity index is 1.55. The van der Waals surface area contributed by atoms with E-state index in [0.29, 0.717) is 28.3 Å². The van der Waals surface area contributed by atoms with Crippen molar-refractivity contribution in [2.45, 2.75) is 20.5 Å². The summed E-state index contributed by atoms with van der Waals surface area (Å²) in [6.45, 7) is 3.98. The van der Waals surface area contributed by atoms with Crippen molar-refractivity contribution < 1.29 is 9.13 Å². The topological polar surface area (TPSA) is 61.4 Å². The van der Waals surface area contributed by atoms with Gasteiger partial charge in [0.25, 0.3) is 5.56 Å². The lowest BCUT2D eigenvalue weighted by molar-refractivity contribution is 0.307. The van der Waals surface area contributed by atoms with Gasteiger partial charge in [-0.1, -0.05) is 30.3 Å². The molecule has 5 rings (SSSR count). The Labute approximate surface area is 189 Å². The third-order valence-electron chi connectivity index (χ3n) is 5.45. The Morgan fingerprint density at radius 3 is 2.48 bits per heavy atom. The van der Waals surface area contributed by atoms with Gasteiger partial charge in [0.05, 0.1) is 16.9 Å². The first-order chi connectivity index (χ1) is 16.0. The van der Waals surface area contributed by atoms with Gasteiger partial charge in [0.1, 0.15) is 18.1 Å². The zero-order chi connectivity index (χ0) is 22.9. The molecule has 0 N–H and O–H groups in total. The van der Waals surface area contributed by atoms with E-state index in [0.717, 1.165) is 16.9 Å². The molecule has 7 heteroatoms. The summed E-state index contributed by atoms with van der Waals surface area (Å²) in [5, 5.41) is 4.69. The van der Waals surface area contributed by atoms with E-state index < -0.39 is 0 Å². The second-order valence-electron chi connectivity index (χ2n) is 7.78. The second-order valence-corrected chi connectivity index (χ2v) is 7.78. The van der Waals surface area contributed by atoms with Crippen molar-refractivity contribution in [3.05, 3.63) is 112 Å². The van der Waals surface area contributed by atoms with Gasteiger partial charge in [-0.05, 0) is 61.9 Å². The third-order valence-corrected chi connectivity index (χ3v) is 5.45. The van der Waals surface area contributed by atoms with Crippen LogP contribution in [-0.2, 0) is 6.61 Å². The van der Waals surface area contributed by atoms with Crippen LogP contribution in [0.5, 0.6) is 5.75 Å². The molecule has 0 radical (unpaired) electrons. The Hall–Kier alpha value is -4.26. The van der Waals surface area contributed by atoms with Crippen LogP contribution in [0.3, 0.4) is 0 Å². The normalized spacial score (nSPS) is 11.1. The maximum Gasteiger partial charge on any atom is 0.267 e. The minimum atomic E-state index is -0.301. The number of aryl methyl sites for hydroxylation is 2. The number of aromatic nitrogens is 4. The standard InChI is InChI=1S/C26H21FN4O2/c1-17-15-22(29-31(17)21-7-4-3-5-8-21)24-18(2)28-25-23(9-6-14-30(25)26(24)32)33-16-19-10-12-20(27)13-11-19/h3-15H,16H2,1-2H3. The molecular formula is C26H21FN4O2. The smallest absolute Gasteiger partial charge is 0.267 e. The average Bonchev–Trinajstić information content (AvgIpc) is 3.20. The lowest BCUT2D eigenvalue weighted by Gasteiger charge is -2.11. The van der Waals surface area contributed by atoms with E-state index in [1.807, 2.05) is 48.0 Å². The number of rotatable bonds is 5. The Bertz CT molecular complexity index is 1510. The molecule has 0 aliphatic carbocycles. The van der Waals surface area contributed by atoms with Gasteiger partial charge >= 0.3 is 0 Å². The fourth-order valence-electron chi connectivity index (χ4n) is 3.82. The molecule has 33 heavy (non-hydrogen) atoms. The molecule has 0 aliphatic rings. The fraction of sp³-hybridized carbons (Fsp3) is 0.115. The number of halogens is 1. The van der Waals surface area contributed by atoms with Crippen LogP contribution in [0.4, 0.5) is 4.39 Å². The number of nitrogens with zero attached hydrogens (tertiary/aromatic N) is 4. The molecule has 0 amide bonds. The van der Waals surface area contributed by atoms with E-state index in [1.54, 1.807) is 37.4 Å². The number of fused-ring (bicyclic) bond motifs is 1. The van der Waals surface area contributed by atoms with Crippen molar-refractivity contribution in [1.29, 1.82) is 0 Å². The zero-order valence-electron chi connectivity index (χ0n) is 18.2. The monoisotopic (exact) mass is 440 g/mol. The van der Waals surface area contributed by atoms with E-state index in [-0.39, 0.29) is 18.0 Å². The number of pyridine rings is 1. The van der Waals surface area contributed by atoms with E-state index in [2.05, 4.69) is 10.1 Å². The van der Waals surface area contributed by atoms with Gasteiger partial charge in [-0.3, -0.25) is 9.20 Å². The zero-order valence-corrected chi connectivity index (χ0v) is 18.2. The molecule has 3 aromatic heterocycles. The summed E-state index contributed by atoms with van der Waals surface area (Å²) in [6.07, 6.45) is 1.67. The second kappa shape index (κ2) is 8.35. The highest BCUT2D eigenvalue weighted by Gasteiger charge is 2.18. The fourth-order valence-corrected chi connectivity index (χ4v) is 3.82. The van der Waals surface area contributed by atoms with Crippen LogP contribution < -0.4 is 10.3 Å². The summed E-state index contributed by atoms with van der Waals surface area (Å²) < 4.78 is 22.4. The number of hydrogen-bond donors (Lipinski definition) is 0. The molecule has 0 spiro atoms. The predicted molar refractivity (Wildman–Crippen MR) is 124 cm³/mol. The van der Waals surface area contributed by atoms with E-state index in [4.69, 9.17) is 4.74 Å². The Kier molecular flexibility index (Phi) is 5.22. The maximum atomic E-state index is 13.4. The first-order valence-corrected chi connectivity index (χ1v) is 10.5. The lowest BCUT2D eigenvalue weighted by atomic mass is 10.1. The van der Waals surface area contributed by atoms with Crippen LogP contribution in [0.25, 0.3) is 22.6 Å². The van der Waals surface area contributed by atoms with Gasteiger partial charge in [-0.2, -0.15) is 5.10 Å².